The first-order valence-electron chi connectivity index (χ1n) is 6.36. The van der Waals surface area contributed by atoms with E-state index in [0.717, 1.165) is 5.56 Å². The van der Waals surface area contributed by atoms with Gasteiger partial charge in [-0.2, -0.15) is 0 Å². The van der Waals surface area contributed by atoms with E-state index < -0.39 is 23.8 Å². The van der Waals surface area contributed by atoms with Crippen LogP contribution in [0.1, 0.15) is 18.1 Å². The molecule has 0 spiro atoms. The molecule has 2 N–H and O–H groups in total. The van der Waals surface area contributed by atoms with Crippen LogP contribution in [0.5, 0.6) is 0 Å². The Hall–Kier alpha value is -1.94. The molecule has 0 bridgehead atoms. The van der Waals surface area contributed by atoms with Crippen molar-refractivity contribution in [2.24, 2.45) is 0 Å². The molecular weight excluding hydrogens is 260 g/mol. The number of anilines is 1. The highest BCUT2D eigenvalue weighted by Crippen LogP contribution is 2.30. The number of hydrogen-bond acceptors (Lipinski definition) is 2. The van der Waals surface area contributed by atoms with E-state index in [2.05, 4.69) is 5.32 Å². The van der Waals surface area contributed by atoms with Crippen LogP contribution in [0, 0.1) is 18.6 Å². The second kappa shape index (κ2) is 5.59. The number of nitrogens with one attached hydrogen (secondary N) is 1. The number of benzene rings is 2. The average molecular weight is 277 g/mol. The summed E-state index contributed by atoms with van der Waals surface area (Å²) in [6.07, 6.45) is 0. The highest BCUT2D eigenvalue weighted by atomic mass is 19.1. The summed E-state index contributed by atoms with van der Waals surface area (Å²) < 4.78 is 27.8. The second-order valence-corrected chi connectivity index (χ2v) is 5.08. The van der Waals surface area contributed by atoms with Crippen LogP contribution in [-0.2, 0) is 5.54 Å². The third-order valence-corrected chi connectivity index (χ3v) is 3.30. The zero-order chi connectivity index (χ0) is 14.8. The Balaban J connectivity index is 2.41. The summed E-state index contributed by atoms with van der Waals surface area (Å²) in [5.41, 5.74) is 0.376. The Morgan fingerprint density at radius 1 is 1.05 bits per heavy atom. The average Bonchev–Trinajstić information content (AvgIpc) is 2.41. The van der Waals surface area contributed by atoms with Crippen LogP contribution >= 0.6 is 0 Å². The fourth-order valence-corrected chi connectivity index (χ4v) is 2.16. The van der Waals surface area contributed by atoms with Gasteiger partial charge >= 0.3 is 0 Å². The van der Waals surface area contributed by atoms with Gasteiger partial charge in [-0.15, -0.1) is 0 Å². The summed E-state index contributed by atoms with van der Waals surface area (Å²) in [5.74, 6) is -1.36. The maximum absolute atomic E-state index is 13.9. The van der Waals surface area contributed by atoms with E-state index in [9.17, 15) is 13.9 Å². The van der Waals surface area contributed by atoms with Crippen LogP contribution in [0.4, 0.5) is 14.5 Å². The van der Waals surface area contributed by atoms with Gasteiger partial charge < -0.3 is 10.4 Å². The Bertz CT molecular complexity index is 578. The number of aliphatic hydroxyl groups excluding tert-OH is 1. The lowest BCUT2D eigenvalue weighted by molar-refractivity contribution is 0.216. The largest absolute Gasteiger partial charge is 0.394 e. The van der Waals surface area contributed by atoms with E-state index in [0.29, 0.717) is 5.69 Å². The zero-order valence-corrected chi connectivity index (χ0v) is 11.5. The van der Waals surface area contributed by atoms with Gasteiger partial charge in [0.1, 0.15) is 11.6 Å². The van der Waals surface area contributed by atoms with E-state index in [1.807, 2.05) is 31.2 Å². The molecule has 2 rings (SSSR count). The lowest BCUT2D eigenvalue weighted by Gasteiger charge is -2.31. The molecule has 0 heterocycles. The quantitative estimate of drug-likeness (QED) is 0.895. The minimum atomic E-state index is -1.23. The molecule has 1 unspecified atom stereocenters. The summed E-state index contributed by atoms with van der Waals surface area (Å²) in [6, 6.07) is 11.1. The molecule has 4 heteroatoms. The number of hydrogen-bond donors (Lipinski definition) is 2. The van der Waals surface area contributed by atoms with Gasteiger partial charge in [-0.25, -0.2) is 8.78 Å². The molecule has 0 aliphatic heterocycles. The monoisotopic (exact) mass is 277 g/mol. The fraction of sp³-hybridized carbons (Fsp3) is 0.250. The molecule has 1 atom stereocenters. The number of aliphatic hydroxyl groups is 1. The van der Waals surface area contributed by atoms with Gasteiger partial charge in [-0.1, -0.05) is 23.8 Å². The Morgan fingerprint density at radius 3 is 2.10 bits per heavy atom. The smallest absolute Gasteiger partial charge is 0.131 e. The predicted octanol–water partition coefficient (Wildman–Crippen LogP) is 3.59. The maximum atomic E-state index is 13.9. The van der Waals surface area contributed by atoms with Crippen LogP contribution in [0.3, 0.4) is 0 Å². The van der Waals surface area contributed by atoms with Gasteiger partial charge in [-0.05, 0) is 38.1 Å². The highest BCUT2D eigenvalue weighted by Gasteiger charge is 2.32. The SMILES string of the molecule is Cc1ccc(NC(C)(CO)c2c(F)cccc2F)cc1. The molecule has 0 saturated carbocycles. The predicted molar refractivity (Wildman–Crippen MR) is 75.6 cm³/mol. The first-order chi connectivity index (χ1) is 9.46. The van der Waals surface area contributed by atoms with Crippen LogP contribution in [0.15, 0.2) is 42.5 Å². The molecule has 2 aromatic rings. The molecule has 0 fully saturated rings. The minimum absolute atomic E-state index is 0.164. The minimum Gasteiger partial charge on any atom is -0.394 e. The van der Waals surface area contributed by atoms with E-state index in [1.165, 1.54) is 18.2 Å². The summed E-state index contributed by atoms with van der Waals surface area (Å²) in [5, 5.41) is 12.6. The van der Waals surface area contributed by atoms with Crippen LogP contribution in [-0.4, -0.2) is 11.7 Å². The van der Waals surface area contributed by atoms with Crippen molar-refractivity contribution in [3.05, 3.63) is 65.2 Å². The summed E-state index contributed by atoms with van der Waals surface area (Å²) in [7, 11) is 0. The zero-order valence-electron chi connectivity index (χ0n) is 11.5. The Labute approximate surface area is 117 Å². The molecular formula is C16H17F2NO. The molecule has 0 saturated heterocycles. The van der Waals surface area contributed by atoms with Gasteiger partial charge in [0.25, 0.3) is 0 Å². The maximum Gasteiger partial charge on any atom is 0.131 e. The van der Waals surface area contributed by atoms with E-state index >= 15 is 0 Å². The number of halogens is 2. The van der Waals surface area contributed by atoms with E-state index in [-0.39, 0.29) is 5.56 Å². The van der Waals surface area contributed by atoms with Crippen molar-refractivity contribution in [1.82, 2.24) is 0 Å². The Kier molecular flexibility index (Phi) is 4.04. The Morgan fingerprint density at radius 2 is 1.60 bits per heavy atom. The van der Waals surface area contributed by atoms with Gasteiger partial charge in [0, 0.05) is 5.69 Å². The fourth-order valence-electron chi connectivity index (χ4n) is 2.16. The summed E-state index contributed by atoms with van der Waals surface area (Å²) in [6.45, 7) is 3.08. The molecule has 0 aliphatic carbocycles. The molecule has 20 heavy (non-hydrogen) atoms. The van der Waals surface area contributed by atoms with Crippen molar-refractivity contribution in [2.45, 2.75) is 19.4 Å². The molecule has 0 amide bonds. The number of rotatable bonds is 4. The van der Waals surface area contributed by atoms with Crippen molar-refractivity contribution in [3.63, 3.8) is 0 Å². The first kappa shape index (κ1) is 14.5. The summed E-state index contributed by atoms with van der Waals surface area (Å²) in [4.78, 5) is 0. The van der Waals surface area contributed by atoms with Crippen molar-refractivity contribution < 1.29 is 13.9 Å². The van der Waals surface area contributed by atoms with Crippen molar-refractivity contribution in [3.8, 4) is 0 Å². The van der Waals surface area contributed by atoms with Gasteiger partial charge in [0.2, 0.25) is 0 Å². The standard InChI is InChI=1S/C16H17F2NO/c1-11-6-8-12(9-7-11)19-16(2,10-20)15-13(17)4-3-5-14(15)18/h3-9,19-20H,10H2,1-2H3. The number of aryl methyl sites for hydroxylation is 1. The molecule has 0 radical (unpaired) electrons. The molecule has 2 aromatic carbocycles. The second-order valence-electron chi connectivity index (χ2n) is 5.08. The van der Waals surface area contributed by atoms with Gasteiger partial charge in [-0.3, -0.25) is 0 Å². The molecule has 106 valence electrons. The van der Waals surface area contributed by atoms with E-state index in [4.69, 9.17) is 0 Å². The normalized spacial score (nSPS) is 13.8. The van der Waals surface area contributed by atoms with Crippen molar-refractivity contribution in [2.75, 3.05) is 11.9 Å². The third kappa shape index (κ3) is 2.80. The van der Waals surface area contributed by atoms with E-state index in [1.54, 1.807) is 6.92 Å². The lowest BCUT2D eigenvalue weighted by Crippen LogP contribution is -2.37. The highest BCUT2D eigenvalue weighted by molar-refractivity contribution is 5.49. The van der Waals surface area contributed by atoms with Gasteiger partial charge in [0.05, 0.1) is 17.7 Å². The van der Waals surface area contributed by atoms with Crippen LogP contribution < -0.4 is 5.32 Å². The topological polar surface area (TPSA) is 32.3 Å². The molecule has 2 nitrogen and oxygen atoms in total. The lowest BCUT2D eigenvalue weighted by atomic mass is 9.91. The molecule has 0 aromatic heterocycles. The van der Waals surface area contributed by atoms with Gasteiger partial charge in [0.15, 0.2) is 0 Å². The third-order valence-electron chi connectivity index (χ3n) is 3.30. The van der Waals surface area contributed by atoms with Crippen LogP contribution in [0.25, 0.3) is 0 Å². The van der Waals surface area contributed by atoms with Crippen molar-refractivity contribution in [1.29, 1.82) is 0 Å². The van der Waals surface area contributed by atoms with Crippen LogP contribution in [0.2, 0.25) is 0 Å². The molecule has 0 aliphatic rings. The first-order valence-corrected chi connectivity index (χ1v) is 6.36. The summed E-state index contributed by atoms with van der Waals surface area (Å²) >= 11 is 0. The van der Waals surface area contributed by atoms with Crippen molar-refractivity contribution >= 4 is 5.69 Å².